The van der Waals surface area contributed by atoms with E-state index in [0.29, 0.717) is 5.75 Å². The van der Waals surface area contributed by atoms with Crippen LogP contribution in [0.3, 0.4) is 0 Å². The molecule has 0 amide bonds. The lowest BCUT2D eigenvalue weighted by molar-refractivity contribution is -0.0132. The van der Waals surface area contributed by atoms with Gasteiger partial charge in [-0.3, -0.25) is 0 Å². The molecule has 88 valence electrons. The van der Waals surface area contributed by atoms with E-state index in [0.717, 1.165) is 18.6 Å². The summed E-state index contributed by atoms with van der Waals surface area (Å²) in [6.07, 6.45) is 0.688. The van der Waals surface area contributed by atoms with E-state index < -0.39 is 11.6 Å². The number of halogens is 3. The average molecular weight is 247 g/mol. The molecule has 1 aromatic rings. The van der Waals surface area contributed by atoms with Crippen LogP contribution in [0.2, 0.25) is 0 Å². The van der Waals surface area contributed by atoms with Crippen LogP contribution in [0.1, 0.15) is 20.3 Å². The van der Waals surface area contributed by atoms with Crippen molar-refractivity contribution < 1.29 is 13.5 Å². The molecule has 1 nitrogen and oxygen atoms in total. The van der Waals surface area contributed by atoms with Crippen LogP contribution in [0.25, 0.3) is 0 Å². The van der Waals surface area contributed by atoms with Crippen molar-refractivity contribution in [3.63, 3.8) is 0 Å². The SMILES string of the molecule is CC1(C)C(Cl)CC1Oc1ccc(F)c(F)c1. The zero-order valence-electron chi connectivity index (χ0n) is 9.14. The van der Waals surface area contributed by atoms with E-state index in [4.69, 9.17) is 16.3 Å². The van der Waals surface area contributed by atoms with E-state index in [2.05, 4.69) is 0 Å². The van der Waals surface area contributed by atoms with Crippen molar-refractivity contribution in [3.8, 4) is 5.75 Å². The van der Waals surface area contributed by atoms with Gasteiger partial charge < -0.3 is 4.74 Å². The second-order valence-electron chi connectivity index (χ2n) is 4.71. The molecule has 2 unspecified atom stereocenters. The molecule has 0 N–H and O–H groups in total. The Bertz CT molecular complexity index is 406. The first-order valence-electron chi connectivity index (χ1n) is 5.17. The van der Waals surface area contributed by atoms with Crippen LogP contribution >= 0.6 is 11.6 Å². The summed E-state index contributed by atoms with van der Waals surface area (Å²) in [6.45, 7) is 4.00. The molecule has 0 saturated heterocycles. The van der Waals surface area contributed by atoms with Gasteiger partial charge in [-0.1, -0.05) is 13.8 Å². The molecule has 16 heavy (non-hydrogen) atoms. The highest BCUT2D eigenvalue weighted by Crippen LogP contribution is 2.46. The largest absolute Gasteiger partial charge is 0.490 e. The number of hydrogen-bond acceptors (Lipinski definition) is 1. The molecular formula is C12H13ClF2O. The Kier molecular flexibility index (Phi) is 2.82. The van der Waals surface area contributed by atoms with Gasteiger partial charge in [-0.05, 0) is 12.1 Å². The number of hydrogen-bond donors (Lipinski definition) is 0. The highest BCUT2D eigenvalue weighted by atomic mass is 35.5. The average Bonchev–Trinajstić information content (AvgIpc) is 2.23. The van der Waals surface area contributed by atoms with Crippen molar-refractivity contribution >= 4 is 11.6 Å². The minimum Gasteiger partial charge on any atom is -0.490 e. The van der Waals surface area contributed by atoms with Crippen molar-refractivity contribution in [2.45, 2.75) is 31.7 Å². The van der Waals surface area contributed by atoms with Crippen molar-refractivity contribution in [1.29, 1.82) is 0 Å². The molecule has 0 spiro atoms. The first-order chi connectivity index (χ1) is 7.41. The molecule has 0 aliphatic heterocycles. The monoisotopic (exact) mass is 246 g/mol. The van der Waals surface area contributed by atoms with Gasteiger partial charge in [-0.15, -0.1) is 11.6 Å². The third-order valence-electron chi connectivity index (χ3n) is 3.23. The molecule has 1 aliphatic carbocycles. The molecule has 0 bridgehead atoms. The topological polar surface area (TPSA) is 9.23 Å². The Morgan fingerprint density at radius 1 is 1.31 bits per heavy atom. The van der Waals surface area contributed by atoms with Crippen LogP contribution in [-0.2, 0) is 0 Å². The normalized spacial score (nSPS) is 27.3. The number of ether oxygens (including phenoxy) is 1. The van der Waals surface area contributed by atoms with Gasteiger partial charge in [0.1, 0.15) is 11.9 Å². The number of alkyl halides is 1. The van der Waals surface area contributed by atoms with Gasteiger partial charge in [0.2, 0.25) is 0 Å². The molecule has 1 aliphatic rings. The minimum atomic E-state index is -0.892. The Labute approximate surface area is 98.4 Å². The molecule has 0 heterocycles. The van der Waals surface area contributed by atoms with E-state index in [1.54, 1.807) is 0 Å². The van der Waals surface area contributed by atoms with Gasteiger partial charge in [-0.2, -0.15) is 0 Å². The zero-order valence-corrected chi connectivity index (χ0v) is 9.89. The highest BCUT2D eigenvalue weighted by molar-refractivity contribution is 6.21. The smallest absolute Gasteiger partial charge is 0.162 e. The summed E-state index contributed by atoms with van der Waals surface area (Å²) in [5, 5.41) is 0.0720. The fourth-order valence-electron chi connectivity index (χ4n) is 1.75. The molecule has 0 aromatic heterocycles. The summed E-state index contributed by atoms with van der Waals surface area (Å²) in [5.74, 6) is -1.41. The molecule has 1 aromatic carbocycles. The first kappa shape index (κ1) is 11.6. The van der Waals surface area contributed by atoms with Crippen LogP contribution in [0.15, 0.2) is 18.2 Å². The van der Waals surface area contributed by atoms with E-state index in [1.165, 1.54) is 6.07 Å². The van der Waals surface area contributed by atoms with Crippen molar-refractivity contribution in [3.05, 3.63) is 29.8 Å². The standard InChI is InChI=1S/C12H13ClF2O/c1-12(2)10(13)6-11(12)16-7-3-4-8(14)9(15)5-7/h3-5,10-11H,6H2,1-2H3. The Morgan fingerprint density at radius 3 is 2.50 bits per heavy atom. The maximum absolute atomic E-state index is 12.9. The van der Waals surface area contributed by atoms with Gasteiger partial charge in [0, 0.05) is 23.3 Å². The summed E-state index contributed by atoms with van der Waals surface area (Å²) in [7, 11) is 0. The molecule has 2 rings (SSSR count). The van der Waals surface area contributed by atoms with Crippen LogP contribution < -0.4 is 4.74 Å². The van der Waals surface area contributed by atoms with Crippen molar-refractivity contribution in [1.82, 2.24) is 0 Å². The van der Waals surface area contributed by atoms with E-state index >= 15 is 0 Å². The fourth-order valence-corrected chi connectivity index (χ4v) is 2.05. The van der Waals surface area contributed by atoms with E-state index in [1.807, 2.05) is 13.8 Å². The predicted molar refractivity (Wildman–Crippen MR) is 58.8 cm³/mol. The molecule has 1 saturated carbocycles. The molecule has 0 radical (unpaired) electrons. The van der Waals surface area contributed by atoms with Crippen LogP contribution in [-0.4, -0.2) is 11.5 Å². The number of rotatable bonds is 2. The van der Waals surface area contributed by atoms with Gasteiger partial charge in [-0.25, -0.2) is 8.78 Å². The lowest BCUT2D eigenvalue weighted by Crippen LogP contribution is -2.53. The van der Waals surface area contributed by atoms with Gasteiger partial charge in [0.25, 0.3) is 0 Å². The van der Waals surface area contributed by atoms with Gasteiger partial charge in [0.15, 0.2) is 11.6 Å². The first-order valence-corrected chi connectivity index (χ1v) is 5.60. The number of benzene rings is 1. The molecule has 1 fully saturated rings. The van der Waals surface area contributed by atoms with E-state index in [-0.39, 0.29) is 16.9 Å². The summed E-state index contributed by atoms with van der Waals surface area (Å²) in [6, 6.07) is 3.55. The summed E-state index contributed by atoms with van der Waals surface area (Å²) in [4.78, 5) is 0. The quantitative estimate of drug-likeness (QED) is 0.722. The van der Waals surface area contributed by atoms with Crippen LogP contribution in [0.4, 0.5) is 8.78 Å². The second kappa shape index (κ2) is 3.88. The lowest BCUT2D eigenvalue weighted by Gasteiger charge is -2.48. The van der Waals surface area contributed by atoms with Gasteiger partial charge in [0.05, 0.1) is 0 Å². The summed E-state index contributed by atoms with van der Waals surface area (Å²) < 4.78 is 31.2. The maximum Gasteiger partial charge on any atom is 0.162 e. The maximum atomic E-state index is 12.9. The Morgan fingerprint density at radius 2 is 2.00 bits per heavy atom. The second-order valence-corrected chi connectivity index (χ2v) is 5.23. The molecule has 2 atom stereocenters. The predicted octanol–water partition coefficient (Wildman–Crippen LogP) is 3.75. The molecule has 4 heteroatoms. The minimum absolute atomic E-state index is 0.0418. The Balaban J connectivity index is 2.08. The summed E-state index contributed by atoms with van der Waals surface area (Å²) in [5.41, 5.74) is -0.133. The molecular weight excluding hydrogens is 234 g/mol. The van der Waals surface area contributed by atoms with Gasteiger partial charge >= 0.3 is 0 Å². The van der Waals surface area contributed by atoms with E-state index in [9.17, 15) is 8.78 Å². The zero-order chi connectivity index (χ0) is 11.9. The lowest BCUT2D eigenvalue weighted by atomic mass is 9.68. The van der Waals surface area contributed by atoms with Crippen molar-refractivity contribution in [2.24, 2.45) is 5.41 Å². The Hall–Kier alpha value is -0.830. The third-order valence-corrected chi connectivity index (χ3v) is 3.97. The van der Waals surface area contributed by atoms with Crippen LogP contribution in [0, 0.1) is 17.0 Å². The third kappa shape index (κ3) is 1.88. The highest BCUT2D eigenvalue weighted by Gasteiger charge is 2.49. The van der Waals surface area contributed by atoms with Crippen molar-refractivity contribution in [2.75, 3.05) is 0 Å². The summed E-state index contributed by atoms with van der Waals surface area (Å²) >= 11 is 6.04. The fraction of sp³-hybridized carbons (Fsp3) is 0.500. The van der Waals surface area contributed by atoms with Crippen LogP contribution in [0.5, 0.6) is 5.75 Å².